The van der Waals surface area contributed by atoms with E-state index in [9.17, 15) is 14.4 Å². The van der Waals surface area contributed by atoms with Crippen LogP contribution in [0.25, 0.3) is 0 Å². The van der Waals surface area contributed by atoms with Crippen molar-refractivity contribution in [1.29, 1.82) is 0 Å². The zero-order valence-corrected chi connectivity index (χ0v) is 24.2. The standard InChI is InChI=1S/C31H35N3O5S/c1-20(27-11-7-17-40-27)34-30(36)23-9-5-10-24(28(23)31(34)37)33-15-6-8-22(19-33)29(35)32(2)16-14-21-12-13-25(38-3)26(18-21)39-4/h5,7,9-13,17-18,20,22H,6,8,14-16,19H2,1-4H3. The number of likely N-dealkylation sites (N-methyl/N-ethyl adjacent to an activating group) is 1. The molecular formula is C31H35N3O5S. The van der Waals surface area contributed by atoms with Gasteiger partial charge in [-0.1, -0.05) is 18.2 Å². The van der Waals surface area contributed by atoms with Gasteiger partial charge in [0.15, 0.2) is 11.5 Å². The summed E-state index contributed by atoms with van der Waals surface area (Å²) in [5.41, 5.74) is 2.69. The number of carbonyl (C=O) groups is 3. The Hall–Kier alpha value is -3.85. The van der Waals surface area contributed by atoms with Gasteiger partial charge in [-0.2, -0.15) is 0 Å². The molecule has 1 fully saturated rings. The number of hydrogen-bond acceptors (Lipinski definition) is 7. The van der Waals surface area contributed by atoms with Crippen LogP contribution in [0.2, 0.25) is 0 Å². The fourth-order valence-electron chi connectivity index (χ4n) is 5.71. The lowest BCUT2D eigenvalue weighted by molar-refractivity contribution is -0.134. The number of thiophene rings is 1. The van der Waals surface area contributed by atoms with E-state index in [4.69, 9.17) is 9.47 Å². The first-order chi connectivity index (χ1) is 19.3. The zero-order valence-electron chi connectivity index (χ0n) is 23.4. The Bertz CT molecular complexity index is 1410. The number of benzene rings is 2. The summed E-state index contributed by atoms with van der Waals surface area (Å²) < 4.78 is 10.7. The summed E-state index contributed by atoms with van der Waals surface area (Å²) in [7, 11) is 5.06. The van der Waals surface area contributed by atoms with Gasteiger partial charge < -0.3 is 19.3 Å². The molecule has 2 aliphatic rings. The quantitative estimate of drug-likeness (QED) is 0.341. The third-order valence-electron chi connectivity index (χ3n) is 7.94. The average Bonchev–Trinajstić information content (AvgIpc) is 3.62. The number of rotatable bonds is 9. The summed E-state index contributed by atoms with van der Waals surface area (Å²) in [5, 5.41) is 1.95. The third-order valence-corrected chi connectivity index (χ3v) is 8.98. The number of carbonyl (C=O) groups excluding carboxylic acids is 3. The Labute approximate surface area is 239 Å². The van der Waals surface area contributed by atoms with E-state index in [2.05, 4.69) is 4.90 Å². The zero-order chi connectivity index (χ0) is 28.4. The number of fused-ring (bicyclic) bond motifs is 1. The molecule has 2 unspecified atom stereocenters. The number of nitrogens with zero attached hydrogens (tertiary/aromatic N) is 3. The maximum atomic E-state index is 13.6. The van der Waals surface area contributed by atoms with Crippen LogP contribution >= 0.6 is 11.3 Å². The van der Waals surface area contributed by atoms with E-state index in [0.29, 0.717) is 42.1 Å². The number of hydrogen-bond donors (Lipinski definition) is 0. The van der Waals surface area contributed by atoms with Crippen LogP contribution in [0.5, 0.6) is 11.5 Å². The molecule has 40 heavy (non-hydrogen) atoms. The fraction of sp³-hybridized carbons (Fsp3) is 0.387. The minimum atomic E-state index is -0.338. The smallest absolute Gasteiger partial charge is 0.264 e. The summed E-state index contributed by atoms with van der Waals surface area (Å²) in [5.74, 6) is 0.721. The first kappa shape index (κ1) is 27.7. The molecule has 0 aliphatic carbocycles. The van der Waals surface area contributed by atoms with Crippen molar-refractivity contribution in [2.75, 3.05) is 45.8 Å². The Morgan fingerprint density at radius 3 is 2.60 bits per heavy atom. The van der Waals surface area contributed by atoms with E-state index >= 15 is 0 Å². The molecule has 0 bridgehead atoms. The van der Waals surface area contributed by atoms with Crippen molar-refractivity contribution in [3.63, 3.8) is 0 Å². The van der Waals surface area contributed by atoms with Crippen molar-refractivity contribution in [3.8, 4) is 11.5 Å². The van der Waals surface area contributed by atoms with Crippen molar-refractivity contribution in [2.45, 2.75) is 32.2 Å². The van der Waals surface area contributed by atoms with Crippen molar-refractivity contribution < 1.29 is 23.9 Å². The van der Waals surface area contributed by atoms with Crippen LogP contribution in [0.3, 0.4) is 0 Å². The van der Waals surface area contributed by atoms with Crippen LogP contribution in [-0.4, -0.2) is 68.4 Å². The Balaban J connectivity index is 1.28. The second-order valence-corrected chi connectivity index (χ2v) is 11.3. The number of piperidine rings is 1. The molecule has 2 aromatic carbocycles. The molecule has 0 saturated carbocycles. The Morgan fingerprint density at radius 2 is 1.88 bits per heavy atom. The molecule has 3 aromatic rings. The van der Waals surface area contributed by atoms with Gasteiger partial charge in [-0.25, -0.2) is 0 Å². The molecule has 2 atom stereocenters. The van der Waals surface area contributed by atoms with Gasteiger partial charge in [0.05, 0.1) is 43.0 Å². The van der Waals surface area contributed by atoms with Crippen molar-refractivity contribution in [3.05, 3.63) is 75.5 Å². The van der Waals surface area contributed by atoms with Crippen LogP contribution in [0.4, 0.5) is 5.69 Å². The lowest BCUT2D eigenvalue weighted by Gasteiger charge is -2.36. The molecular weight excluding hydrogens is 526 g/mol. The van der Waals surface area contributed by atoms with E-state index < -0.39 is 0 Å². The SMILES string of the molecule is COc1ccc(CCN(C)C(=O)C2CCCN(c3cccc4c3C(=O)N(C(C)c3cccs3)C4=O)C2)cc1OC. The van der Waals surface area contributed by atoms with E-state index in [0.717, 1.165) is 35.5 Å². The van der Waals surface area contributed by atoms with Crippen molar-refractivity contribution in [1.82, 2.24) is 9.80 Å². The monoisotopic (exact) mass is 561 g/mol. The Kier molecular flexibility index (Phi) is 8.12. The number of amides is 3. The highest BCUT2D eigenvalue weighted by Crippen LogP contribution is 2.38. The molecule has 8 nitrogen and oxygen atoms in total. The van der Waals surface area contributed by atoms with Crippen molar-refractivity contribution >= 4 is 34.7 Å². The molecule has 3 amide bonds. The highest BCUT2D eigenvalue weighted by atomic mass is 32.1. The summed E-state index contributed by atoms with van der Waals surface area (Å²) in [6.07, 6.45) is 2.32. The van der Waals surface area contributed by atoms with E-state index in [-0.39, 0.29) is 29.7 Å². The summed E-state index contributed by atoms with van der Waals surface area (Å²) >= 11 is 1.53. The normalized spacial score (nSPS) is 17.6. The molecule has 9 heteroatoms. The summed E-state index contributed by atoms with van der Waals surface area (Å²) in [4.78, 5) is 46.7. The first-order valence-corrected chi connectivity index (χ1v) is 14.5. The predicted molar refractivity (Wildman–Crippen MR) is 155 cm³/mol. The van der Waals surface area contributed by atoms with Gasteiger partial charge >= 0.3 is 0 Å². The highest BCUT2D eigenvalue weighted by Gasteiger charge is 2.42. The van der Waals surface area contributed by atoms with E-state index in [1.807, 2.05) is 61.8 Å². The van der Waals surface area contributed by atoms with Gasteiger partial charge in [0.2, 0.25) is 5.91 Å². The lowest BCUT2D eigenvalue weighted by atomic mass is 9.94. The molecule has 2 aliphatic heterocycles. The molecule has 5 rings (SSSR count). The second-order valence-electron chi connectivity index (χ2n) is 10.4. The van der Waals surface area contributed by atoms with Crippen molar-refractivity contribution in [2.24, 2.45) is 5.92 Å². The van der Waals surface area contributed by atoms with Gasteiger partial charge in [-0.3, -0.25) is 19.3 Å². The maximum absolute atomic E-state index is 13.6. The van der Waals surface area contributed by atoms with Gasteiger partial charge in [0.25, 0.3) is 11.8 Å². The van der Waals surface area contributed by atoms with E-state index in [1.165, 1.54) is 16.2 Å². The van der Waals surface area contributed by atoms with Crippen LogP contribution in [0.1, 0.15) is 57.0 Å². The van der Waals surface area contributed by atoms with E-state index in [1.54, 1.807) is 25.2 Å². The fourth-order valence-corrected chi connectivity index (χ4v) is 6.48. The van der Waals surface area contributed by atoms with Crippen LogP contribution in [-0.2, 0) is 11.2 Å². The summed E-state index contributed by atoms with van der Waals surface area (Å²) in [6.45, 7) is 3.71. The summed E-state index contributed by atoms with van der Waals surface area (Å²) in [6, 6.07) is 14.8. The molecule has 3 heterocycles. The number of ether oxygens (including phenoxy) is 2. The maximum Gasteiger partial charge on any atom is 0.264 e. The third kappa shape index (κ3) is 5.18. The number of methoxy groups -OCH3 is 2. The minimum absolute atomic E-state index is 0.0908. The molecule has 1 aromatic heterocycles. The molecule has 0 radical (unpaired) electrons. The second kappa shape index (κ2) is 11.7. The highest BCUT2D eigenvalue weighted by molar-refractivity contribution is 7.10. The number of imide groups is 1. The van der Waals surface area contributed by atoms with Gasteiger partial charge in [-0.15, -0.1) is 11.3 Å². The minimum Gasteiger partial charge on any atom is -0.493 e. The predicted octanol–water partition coefficient (Wildman–Crippen LogP) is 5.04. The molecule has 0 spiro atoms. The largest absolute Gasteiger partial charge is 0.493 e. The van der Waals surface area contributed by atoms with Gasteiger partial charge in [-0.05, 0) is 67.5 Å². The van der Waals surface area contributed by atoms with Crippen LogP contribution < -0.4 is 14.4 Å². The first-order valence-electron chi connectivity index (χ1n) is 13.6. The molecule has 210 valence electrons. The molecule has 0 N–H and O–H groups in total. The average molecular weight is 562 g/mol. The Morgan fingerprint density at radius 1 is 1.07 bits per heavy atom. The number of anilines is 1. The van der Waals surface area contributed by atoms with Crippen LogP contribution in [0.15, 0.2) is 53.9 Å². The lowest BCUT2D eigenvalue weighted by Crippen LogP contribution is -2.44. The van der Waals surface area contributed by atoms with Gasteiger partial charge in [0, 0.05) is 31.6 Å². The molecule has 1 saturated heterocycles. The van der Waals surface area contributed by atoms with Gasteiger partial charge in [0.1, 0.15) is 0 Å². The topological polar surface area (TPSA) is 79.4 Å². The van der Waals surface area contributed by atoms with Crippen LogP contribution in [0, 0.1) is 5.92 Å².